The lowest BCUT2D eigenvalue weighted by Gasteiger charge is -2.14. The van der Waals surface area contributed by atoms with Crippen molar-refractivity contribution in [1.29, 1.82) is 0 Å². The molecule has 0 atom stereocenters. The number of amides is 1. The summed E-state index contributed by atoms with van der Waals surface area (Å²) in [7, 11) is -2.02. The number of carbonyl (C=O) groups excluding carboxylic acids is 2. The summed E-state index contributed by atoms with van der Waals surface area (Å²) in [6.45, 7) is 1.24. The Balaban J connectivity index is 3.31. The first-order valence-corrected chi connectivity index (χ1v) is 7.15. The van der Waals surface area contributed by atoms with E-state index in [0.717, 1.165) is 6.07 Å². The predicted octanol–water partition coefficient (Wildman–Crippen LogP) is 0.868. The van der Waals surface area contributed by atoms with Gasteiger partial charge in [0, 0.05) is 6.07 Å². The molecule has 2 N–H and O–H groups in total. The molecule has 0 fully saturated rings. The van der Waals surface area contributed by atoms with Gasteiger partial charge in [-0.05, 0) is 13.0 Å². The number of hydrogen-bond acceptors (Lipinski definition) is 6. The van der Waals surface area contributed by atoms with Crippen LogP contribution in [0.25, 0.3) is 0 Å². The number of nitrogens with one attached hydrogen (secondary N) is 1. The van der Waals surface area contributed by atoms with Crippen LogP contribution in [-0.2, 0) is 19.7 Å². The molecular weight excluding hydrogens is 302 g/mol. The lowest BCUT2D eigenvalue weighted by molar-refractivity contribution is -0.124. The Morgan fingerprint density at radius 3 is 2.19 bits per heavy atom. The molecule has 0 aliphatic carbocycles. The predicted molar refractivity (Wildman–Crippen MR) is 73.3 cm³/mol. The van der Waals surface area contributed by atoms with Crippen LogP contribution in [0.3, 0.4) is 0 Å². The number of anilines is 1. The number of carbonyl (C=O) groups is 2. The van der Waals surface area contributed by atoms with Crippen LogP contribution in [0.1, 0.15) is 13.3 Å². The largest absolute Gasteiger partial charge is 0.495 e. The second kappa shape index (κ2) is 6.55. The van der Waals surface area contributed by atoms with Crippen LogP contribution in [-0.4, -0.2) is 38.9 Å². The maximum atomic E-state index is 11.6. The lowest BCUT2D eigenvalue weighted by atomic mass is 10.2. The van der Waals surface area contributed by atoms with Crippen molar-refractivity contribution in [2.24, 2.45) is 0 Å². The second-order valence-corrected chi connectivity index (χ2v) is 5.50. The van der Waals surface area contributed by atoms with E-state index in [-0.39, 0.29) is 29.4 Å². The highest BCUT2D eigenvalue weighted by Crippen LogP contribution is 2.35. The van der Waals surface area contributed by atoms with Gasteiger partial charge in [-0.25, -0.2) is 0 Å². The van der Waals surface area contributed by atoms with Gasteiger partial charge in [-0.1, -0.05) is 0 Å². The van der Waals surface area contributed by atoms with E-state index in [9.17, 15) is 18.0 Å². The second-order valence-electron chi connectivity index (χ2n) is 4.11. The number of ether oxygens (including phenoxy) is 2. The summed E-state index contributed by atoms with van der Waals surface area (Å²) in [6, 6.07) is 2.19. The molecule has 0 heterocycles. The maximum Gasteiger partial charge on any atom is 0.298 e. The fourth-order valence-corrected chi connectivity index (χ4v) is 2.25. The molecule has 9 heteroatoms. The van der Waals surface area contributed by atoms with Crippen molar-refractivity contribution in [2.45, 2.75) is 18.2 Å². The molecule has 0 bridgehead atoms. The summed E-state index contributed by atoms with van der Waals surface area (Å²) >= 11 is 0. The average Bonchev–Trinajstić information content (AvgIpc) is 2.36. The summed E-state index contributed by atoms with van der Waals surface area (Å²) in [6.07, 6.45) is -0.365. The highest BCUT2D eigenvalue weighted by atomic mass is 32.2. The van der Waals surface area contributed by atoms with Crippen LogP contribution in [0, 0.1) is 0 Å². The molecule has 0 saturated carbocycles. The topological polar surface area (TPSA) is 119 Å². The molecule has 0 spiro atoms. The van der Waals surface area contributed by atoms with E-state index in [2.05, 4.69) is 5.32 Å². The quantitative estimate of drug-likeness (QED) is 0.590. The molecule has 1 rings (SSSR count). The number of hydrogen-bond donors (Lipinski definition) is 2. The zero-order valence-corrected chi connectivity index (χ0v) is 12.5. The molecule has 0 unspecified atom stereocenters. The summed E-state index contributed by atoms with van der Waals surface area (Å²) in [5.74, 6) is -1.00. The van der Waals surface area contributed by atoms with Crippen molar-refractivity contribution in [3.8, 4) is 11.5 Å². The van der Waals surface area contributed by atoms with E-state index >= 15 is 0 Å². The van der Waals surface area contributed by atoms with E-state index in [1.807, 2.05) is 0 Å². The van der Waals surface area contributed by atoms with Gasteiger partial charge >= 0.3 is 0 Å². The fraction of sp³-hybridized carbons (Fsp3) is 0.333. The molecule has 8 nitrogen and oxygen atoms in total. The van der Waals surface area contributed by atoms with E-state index < -0.39 is 20.9 Å². The van der Waals surface area contributed by atoms with Gasteiger partial charge in [0.05, 0.1) is 26.3 Å². The van der Waals surface area contributed by atoms with Crippen LogP contribution >= 0.6 is 0 Å². The minimum atomic E-state index is -4.55. The summed E-state index contributed by atoms with van der Waals surface area (Å²) < 4.78 is 41.6. The number of Topliss-reactive ketones (excluding diaryl/α,β-unsaturated/α-hetero) is 1. The van der Waals surface area contributed by atoms with Gasteiger partial charge in [0.2, 0.25) is 5.91 Å². The van der Waals surface area contributed by atoms with Crippen LogP contribution in [0.15, 0.2) is 17.0 Å². The molecule has 116 valence electrons. The fourth-order valence-electron chi connectivity index (χ4n) is 1.59. The maximum absolute atomic E-state index is 11.6. The van der Waals surface area contributed by atoms with E-state index in [0.29, 0.717) is 0 Å². The summed E-state index contributed by atoms with van der Waals surface area (Å²) in [5, 5.41) is 2.34. The number of ketones is 1. The average molecular weight is 317 g/mol. The zero-order chi connectivity index (χ0) is 16.2. The van der Waals surface area contributed by atoms with E-state index in [1.54, 1.807) is 0 Å². The van der Waals surface area contributed by atoms with E-state index in [1.165, 1.54) is 27.2 Å². The van der Waals surface area contributed by atoms with Crippen molar-refractivity contribution in [1.82, 2.24) is 0 Å². The number of rotatable bonds is 6. The molecule has 0 aromatic heterocycles. The molecule has 0 saturated heterocycles. The van der Waals surface area contributed by atoms with Crippen molar-refractivity contribution < 1.29 is 32.0 Å². The van der Waals surface area contributed by atoms with Crippen molar-refractivity contribution in [2.75, 3.05) is 19.5 Å². The minimum Gasteiger partial charge on any atom is -0.495 e. The molecule has 1 aromatic carbocycles. The van der Waals surface area contributed by atoms with Gasteiger partial charge in [-0.15, -0.1) is 0 Å². The Kier molecular flexibility index (Phi) is 5.28. The lowest BCUT2D eigenvalue weighted by Crippen LogP contribution is -2.16. The van der Waals surface area contributed by atoms with Crippen LogP contribution in [0.4, 0.5) is 5.69 Å². The standard InChI is InChI=1S/C12H15NO7S/c1-7(14)4-12(15)13-8-5-11(21(16,17)18)10(20-3)6-9(8)19-2/h5-6H,4H2,1-3H3,(H,13,15)(H,16,17,18). The Labute approximate surface area is 121 Å². The van der Waals surface area contributed by atoms with Crippen LogP contribution < -0.4 is 14.8 Å². The summed E-state index contributed by atoms with van der Waals surface area (Å²) in [4.78, 5) is 21.9. The van der Waals surface area contributed by atoms with E-state index in [4.69, 9.17) is 14.0 Å². The third-order valence-electron chi connectivity index (χ3n) is 2.45. The van der Waals surface area contributed by atoms with Crippen molar-refractivity contribution >= 4 is 27.5 Å². The Bertz CT molecular complexity index is 666. The van der Waals surface area contributed by atoms with Gasteiger partial charge in [0.15, 0.2) is 0 Å². The number of benzene rings is 1. The Hall–Kier alpha value is -2.13. The first-order chi connectivity index (χ1) is 9.68. The number of methoxy groups -OCH3 is 2. The van der Waals surface area contributed by atoms with Gasteiger partial charge in [-0.3, -0.25) is 14.1 Å². The van der Waals surface area contributed by atoms with Crippen molar-refractivity contribution in [3.05, 3.63) is 12.1 Å². The van der Waals surface area contributed by atoms with Crippen LogP contribution in [0.2, 0.25) is 0 Å². The molecule has 0 aliphatic rings. The first-order valence-electron chi connectivity index (χ1n) is 5.71. The summed E-state index contributed by atoms with van der Waals surface area (Å²) in [5.41, 5.74) is -0.00262. The third kappa shape index (κ3) is 4.43. The molecule has 1 amide bonds. The van der Waals surface area contributed by atoms with Crippen molar-refractivity contribution in [3.63, 3.8) is 0 Å². The highest BCUT2D eigenvalue weighted by Gasteiger charge is 2.21. The minimum absolute atomic E-state index is 0.00262. The van der Waals surface area contributed by atoms with Crippen LogP contribution in [0.5, 0.6) is 11.5 Å². The zero-order valence-electron chi connectivity index (χ0n) is 11.7. The highest BCUT2D eigenvalue weighted by molar-refractivity contribution is 7.86. The van der Waals surface area contributed by atoms with Gasteiger partial charge in [0.1, 0.15) is 22.2 Å². The first kappa shape index (κ1) is 16.9. The monoisotopic (exact) mass is 317 g/mol. The van der Waals surface area contributed by atoms with Gasteiger partial charge in [0.25, 0.3) is 10.1 Å². The van der Waals surface area contributed by atoms with Gasteiger partial charge in [-0.2, -0.15) is 8.42 Å². The Morgan fingerprint density at radius 2 is 1.76 bits per heavy atom. The third-order valence-corrected chi connectivity index (χ3v) is 3.32. The van der Waals surface area contributed by atoms with Gasteiger partial charge < -0.3 is 14.8 Å². The molecule has 21 heavy (non-hydrogen) atoms. The molecular formula is C12H15NO7S. The molecule has 0 radical (unpaired) electrons. The smallest absolute Gasteiger partial charge is 0.298 e. The molecule has 1 aromatic rings. The normalized spacial score (nSPS) is 10.9. The Morgan fingerprint density at radius 1 is 1.19 bits per heavy atom. The molecule has 0 aliphatic heterocycles. The SMILES string of the molecule is COc1cc(OC)c(S(=O)(=O)O)cc1NC(=O)CC(C)=O.